The lowest BCUT2D eigenvalue weighted by atomic mass is 10.0. The van der Waals surface area contributed by atoms with Gasteiger partial charge in [-0.2, -0.15) is 4.31 Å². The Hall–Kier alpha value is -2.97. The smallest absolute Gasteiger partial charge is 0.257 e. The largest absolute Gasteiger partial charge is 0.356 e. The number of hydrogen-bond donors (Lipinski definition) is 0. The van der Waals surface area contributed by atoms with Gasteiger partial charge in [0, 0.05) is 44.7 Å². The molecule has 7 nitrogen and oxygen atoms in total. The van der Waals surface area contributed by atoms with E-state index in [1.807, 2.05) is 42.5 Å². The minimum absolute atomic E-state index is 0.0801. The zero-order valence-corrected chi connectivity index (χ0v) is 21.2. The van der Waals surface area contributed by atoms with Gasteiger partial charge in [0.1, 0.15) is 5.82 Å². The second-order valence-corrected chi connectivity index (χ2v) is 11.6. The van der Waals surface area contributed by atoms with E-state index in [9.17, 15) is 13.2 Å². The summed E-state index contributed by atoms with van der Waals surface area (Å²) in [5.41, 5.74) is 2.59. The number of carbonyl (C=O) groups excluding carboxylic acids is 1. The van der Waals surface area contributed by atoms with E-state index in [0.717, 1.165) is 48.2 Å². The second-order valence-electron chi connectivity index (χ2n) is 9.67. The summed E-state index contributed by atoms with van der Waals surface area (Å²) >= 11 is 0. The van der Waals surface area contributed by atoms with Gasteiger partial charge in [0.15, 0.2) is 0 Å². The highest BCUT2D eigenvalue weighted by Gasteiger charge is 2.32. The highest BCUT2D eigenvalue weighted by Crippen LogP contribution is 2.28. The molecule has 0 aliphatic carbocycles. The molecule has 2 saturated heterocycles. The Labute approximate surface area is 207 Å². The number of anilines is 1. The van der Waals surface area contributed by atoms with E-state index in [0.29, 0.717) is 29.5 Å². The van der Waals surface area contributed by atoms with Gasteiger partial charge in [-0.05, 0) is 48.6 Å². The Morgan fingerprint density at radius 3 is 2.20 bits per heavy atom. The molecular weight excluding hydrogens is 460 g/mol. The van der Waals surface area contributed by atoms with Crippen LogP contribution in [0.4, 0.5) is 5.82 Å². The van der Waals surface area contributed by atoms with Gasteiger partial charge in [0.05, 0.1) is 16.0 Å². The molecular formula is C27H32N4O3S. The van der Waals surface area contributed by atoms with Gasteiger partial charge in [0.2, 0.25) is 10.0 Å². The van der Waals surface area contributed by atoms with Crippen molar-refractivity contribution in [3.05, 3.63) is 65.7 Å². The number of pyridine rings is 1. The van der Waals surface area contributed by atoms with Crippen LogP contribution in [0.15, 0.2) is 59.5 Å². The molecule has 1 aromatic heterocycles. The highest BCUT2D eigenvalue weighted by molar-refractivity contribution is 7.89. The van der Waals surface area contributed by atoms with Crippen LogP contribution in [0.25, 0.3) is 10.9 Å². The van der Waals surface area contributed by atoms with Crippen molar-refractivity contribution < 1.29 is 13.2 Å². The van der Waals surface area contributed by atoms with E-state index < -0.39 is 10.0 Å². The Bertz CT molecular complexity index is 1320. The third-order valence-electron chi connectivity index (χ3n) is 7.05. The lowest BCUT2D eigenvalue weighted by Gasteiger charge is -2.34. The molecule has 2 aromatic carbocycles. The average molecular weight is 493 g/mol. The van der Waals surface area contributed by atoms with Crippen LogP contribution in [0.3, 0.4) is 0 Å². The topological polar surface area (TPSA) is 73.8 Å². The third-order valence-corrected chi connectivity index (χ3v) is 8.96. The molecule has 0 atom stereocenters. The van der Waals surface area contributed by atoms with Gasteiger partial charge in [-0.3, -0.25) is 4.79 Å². The molecule has 3 aromatic rings. The van der Waals surface area contributed by atoms with E-state index in [2.05, 4.69) is 18.7 Å². The van der Waals surface area contributed by atoms with Gasteiger partial charge in [-0.15, -0.1) is 0 Å². The van der Waals surface area contributed by atoms with E-state index >= 15 is 0 Å². The van der Waals surface area contributed by atoms with Crippen molar-refractivity contribution >= 4 is 32.7 Å². The maximum absolute atomic E-state index is 13.6. The van der Waals surface area contributed by atoms with Gasteiger partial charge >= 0.3 is 0 Å². The van der Waals surface area contributed by atoms with Gasteiger partial charge in [-0.25, -0.2) is 13.4 Å². The first kappa shape index (κ1) is 23.8. The maximum atomic E-state index is 13.6. The van der Waals surface area contributed by atoms with Crippen molar-refractivity contribution in [1.29, 1.82) is 0 Å². The number of para-hydroxylation sites is 1. The molecule has 8 heteroatoms. The molecule has 0 bridgehead atoms. The fourth-order valence-electron chi connectivity index (χ4n) is 4.91. The lowest BCUT2D eigenvalue weighted by Crippen LogP contribution is -2.50. The molecule has 2 aliphatic rings. The molecule has 0 saturated carbocycles. The van der Waals surface area contributed by atoms with Crippen LogP contribution in [0.5, 0.6) is 0 Å². The zero-order valence-electron chi connectivity index (χ0n) is 20.4. The number of sulfonamides is 1. The van der Waals surface area contributed by atoms with Crippen molar-refractivity contribution in [3.63, 3.8) is 0 Å². The van der Waals surface area contributed by atoms with Crippen molar-refractivity contribution in [1.82, 2.24) is 14.2 Å². The molecule has 0 unspecified atom stereocenters. The summed E-state index contributed by atoms with van der Waals surface area (Å²) in [6.07, 6.45) is 2.19. The number of nitrogens with zero attached hydrogens (tertiary/aromatic N) is 4. The summed E-state index contributed by atoms with van der Waals surface area (Å²) in [5.74, 6) is 1.01. The maximum Gasteiger partial charge on any atom is 0.257 e. The molecule has 3 heterocycles. The summed E-state index contributed by atoms with van der Waals surface area (Å²) in [4.78, 5) is 22.8. The number of hydrogen-bond acceptors (Lipinski definition) is 5. The van der Waals surface area contributed by atoms with E-state index in [1.54, 1.807) is 17.0 Å². The van der Waals surface area contributed by atoms with E-state index in [-0.39, 0.29) is 19.0 Å². The van der Waals surface area contributed by atoms with E-state index in [1.165, 1.54) is 4.31 Å². The van der Waals surface area contributed by atoms with Crippen LogP contribution < -0.4 is 4.90 Å². The van der Waals surface area contributed by atoms with Crippen LogP contribution in [-0.2, 0) is 10.0 Å². The predicted molar refractivity (Wildman–Crippen MR) is 138 cm³/mol. The fraction of sp³-hybridized carbons (Fsp3) is 0.407. The highest BCUT2D eigenvalue weighted by atomic mass is 32.2. The minimum atomic E-state index is -3.59. The summed E-state index contributed by atoms with van der Waals surface area (Å²) in [5, 5.41) is 0.935. The Balaban J connectivity index is 1.35. The SMILES string of the molecule is CC(C)c1ccc(S(=O)(=O)N2CCN(C(=O)c3cc4ccccc4nc3N3CCCC3)CC2)cc1. The quantitative estimate of drug-likeness (QED) is 0.536. The molecule has 1 amide bonds. The summed E-state index contributed by atoms with van der Waals surface area (Å²) in [6.45, 7) is 7.23. The summed E-state index contributed by atoms with van der Waals surface area (Å²) < 4.78 is 27.9. The number of rotatable bonds is 5. The zero-order chi connectivity index (χ0) is 24.6. The number of benzene rings is 2. The van der Waals surface area contributed by atoms with E-state index in [4.69, 9.17) is 4.98 Å². The standard InChI is InChI=1S/C27H32N4O3S/c1-20(2)21-9-11-23(12-10-21)35(33,34)31-17-15-30(16-18-31)27(32)24-19-22-7-3-4-8-25(22)28-26(24)29-13-5-6-14-29/h3-4,7-12,19-20H,5-6,13-18H2,1-2H3. The molecule has 0 radical (unpaired) electrons. The summed E-state index contributed by atoms with van der Waals surface area (Å²) in [6, 6.07) is 16.9. The number of carbonyl (C=O) groups is 1. The number of amides is 1. The fourth-order valence-corrected chi connectivity index (χ4v) is 6.33. The first-order chi connectivity index (χ1) is 16.8. The van der Waals surface area contributed by atoms with Crippen LogP contribution >= 0.6 is 0 Å². The third kappa shape index (κ3) is 4.65. The normalized spacial score (nSPS) is 17.5. The second kappa shape index (κ2) is 9.59. The van der Waals surface area contributed by atoms with Crippen molar-refractivity contribution in [2.45, 2.75) is 37.5 Å². The number of fused-ring (bicyclic) bond motifs is 1. The average Bonchev–Trinajstić information content (AvgIpc) is 3.42. The molecule has 0 N–H and O–H groups in total. The van der Waals surface area contributed by atoms with Crippen molar-refractivity contribution in [3.8, 4) is 0 Å². The Morgan fingerprint density at radius 1 is 0.886 bits per heavy atom. The van der Waals surface area contributed by atoms with Crippen LogP contribution in [0.1, 0.15) is 48.5 Å². The first-order valence-electron chi connectivity index (χ1n) is 12.4. The molecule has 184 valence electrons. The van der Waals surface area contributed by atoms with Crippen molar-refractivity contribution in [2.75, 3.05) is 44.2 Å². The molecule has 5 rings (SSSR count). The Kier molecular flexibility index (Phi) is 6.51. The molecule has 35 heavy (non-hydrogen) atoms. The van der Waals surface area contributed by atoms with Crippen LogP contribution in [0, 0.1) is 0 Å². The molecule has 2 aliphatic heterocycles. The number of aromatic nitrogens is 1. The number of piperazine rings is 1. The van der Waals surface area contributed by atoms with Crippen molar-refractivity contribution in [2.24, 2.45) is 0 Å². The van der Waals surface area contributed by atoms with Gasteiger partial charge in [0.25, 0.3) is 5.91 Å². The molecule has 2 fully saturated rings. The Morgan fingerprint density at radius 2 is 1.54 bits per heavy atom. The van der Waals surface area contributed by atoms with Gasteiger partial charge < -0.3 is 9.80 Å². The first-order valence-corrected chi connectivity index (χ1v) is 13.8. The minimum Gasteiger partial charge on any atom is -0.356 e. The summed E-state index contributed by atoms with van der Waals surface area (Å²) in [7, 11) is -3.59. The van der Waals surface area contributed by atoms with Crippen LogP contribution in [0.2, 0.25) is 0 Å². The predicted octanol–water partition coefficient (Wildman–Crippen LogP) is 4.11. The monoisotopic (exact) mass is 492 g/mol. The van der Waals surface area contributed by atoms with Crippen LogP contribution in [-0.4, -0.2) is 67.8 Å². The van der Waals surface area contributed by atoms with Gasteiger partial charge in [-0.1, -0.05) is 44.2 Å². The molecule has 0 spiro atoms. The lowest BCUT2D eigenvalue weighted by molar-refractivity contribution is 0.0698.